The van der Waals surface area contributed by atoms with Crippen molar-refractivity contribution in [3.05, 3.63) is 29.8 Å². The molecule has 0 amide bonds. The van der Waals surface area contributed by atoms with Crippen molar-refractivity contribution >= 4 is 34.7 Å². The topological polar surface area (TPSA) is 67.8 Å². The average Bonchev–Trinajstić information content (AvgIpc) is 3.13. The highest BCUT2D eigenvalue weighted by atomic mass is 32.2. The van der Waals surface area contributed by atoms with Crippen LogP contribution in [0.4, 0.5) is 5.69 Å². The normalized spacial score (nSPS) is 11.2. The van der Waals surface area contributed by atoms with Crippen molar-refractivity contribution in [3.63, 3.8) is 0 Å². The van der Waals surface area contributed by atoms with E-state index < -0.39 is 0 Å². The number of hydrogen-bond acceptors (Lipinski definition) is 6. The smallest absolute Gasteiger partial charge is 0.195 e. The molecule has 0 fully saturated rings. The van der Waals surface area contributed by atoms with E-state index in [2.05, 4.69) is 20.6 Å². The summed E-state index contributed by atoms with van der Waals surface area (Å²) in [5, 5.41) is 8.54. The van der Waals surface area contributed by atoms with Gasteiger partial charge in [0.25, 0.3) is 0 Å². The van der Waals surface area contributed by atoms with Crippen LogP contribution in [-0.2, 0) is 0 Å². The molecule has 1 aromatic heterocycles. The van der Waals surface area contributed by atoms with E-state index in [-0.39, 0.29) is 0 Å². The van der Waals surface area contributed by atoms with E-state index in [4.69, 9.17) is 9.47 Å². The Morgan fingerprint density at radius 1 is 1.29 bits per heavy atom. The van der Waals surface area contributed by atoms with E-state index in [0.29, 0.717) is 11.5 Å². The van der Waals surface area contributed by atoms with E-state index in [9.17, 15) is 0 Å². The third kappa shape index (κ3) is 5.61. The van der Waals surface area contributed by atoms with Crippen molar-refractivity contribution in [1.82, 2.24) is 10.3 Å². The molecule has 0 bridgehead atoms. The van der Waals surface area contributed by atoms with Gasteiger partial charge in [-0.2, -0.15) is 0 Å². The average molecular weight is 367 g/mol. The van der Waals surface area contributed by atoms with Crippen LogP contribution < -0.4 is 20.1 Å². The number of rotatable bonds is 8. The maximum absolute atomic E-state index is 5.31. The fraction of sp³-hybridized carbons (Fsp3) is 0.375. The highest BCUT2D eigenvalue weighted by Gasteiger charge is 2.06. The van der Waals surface area contributed by atoms with Gasteiger partial charge in [0, 0.05) is 42.7 Å². The number of thiazole rings is 1. The van der Waals surface area contributed by atoms with Crippen molar-refractivity contribution < 1.29 is 9.47 Å². The first-order valence-corrected chi connectivity index (χ1v) is 9.35. The molecule has 0 saturated carbocycles. The first kappa shape index (κ1) is 18.4. The summed E-state index contributed by atoms with van der Waals surface area (Å²) in [6.07, 6.45) is 2.86. The molecule has 2 N–H and O–H groups in total. The highest BCUT2D eigenvalue weighted by Crippen LogP contribution is 2.29. The minimum atomic E-state index is 0.679. The molecule has 0 unspecified atom stereocenters. The Labute approximate surface area is 150 Å². The summed E-state index contributed by atoms with van der Waals surface area (Å²) in [6, 6.07) is 5.66. The zero-order valence-corrected chi connectivity index (χ0v) is 15.7. The molecular weight excluding hydrogens is 344 g/mol. The number of nitrogens with zero attached hydrogens (tertiary/aromatic N) is 2. The number of methoxy groups -OCH3 is 2. The highest BCUT2D eigenvalue weighted by molar-refractivity contribution is 8.00. The van der Waals surface area contributed by atoms with E-state index in [1.807, 2.05) is 29.8 Å². The molecule has 0 atom stereocenters. The second-order valence-corrected chi connectivity index (χ2v) is 6.93. The summed E-state index contributed by atoms with van der Waals surface area (Å²) in [7, 11) is 4.99. The lowest BCUT2D eigenvalue weighted by molar-refractivity contribution is 0.355. The number of anilines is 1. The molecule has 0 aliphatic heterocycles. The van der Waals surface area contributed by atoms with Crippen molar-refractivity contribution in [3.8, 4) is 11.5 Å². The molecule has 0 saturated heterocycles. The predicted molar refractivity (Wildman–Crippen MR) is 102 cm³/mol. The van der Waals surface area contributed by atoms with Crippen LogP contribution in [0.5, 0.6) is 11.5 Å². The molecule has 0 aliphatic carbocycles. The molecule has 1 aromatic carbocycles. The lowest BCUT2D eigenvalue weighted by atomic mass is 10.3. The second kappa shape index (κ2) is 10.0. The first-order valence-electron chi connectivity index (χ1n) is 7.48. The molecule has 2 aromatic rings. The van der Waals surface area contributed by atoms with Crippen LogP contribution in [0.1, 0.15) is 6.42 Å². The maximum atomic E-state index is 5.31. The third-order valence-electron chi connectivity index (χ3n) is 3.12. The Balaban J connectivity index is 1.77. The third-order valence-corrected chi connectivity index (χ3v) is 5.17. The second-order valence-electron chi connectivity index (χ2n) is 4.69. The quantitative estimate of drug-likeness (QED) is 0.323. The predicted octanol–water partition coefficient (Wildman–Crippen LogP) is 3.33. The summed E-state index contributed by atoms with van der Waals surface area (Å²) >= 11 is 3.45. The number of thioether (sulfide) groups is 1. The number of aromatic nitrogens is 1. The summed E-state index contributed by atoms with van der Waals surface area (Å²) < 4.78 is 11.7. The zero-order chi connectivity index (χ0) is 17.2. The summed E-state index contributed by atoms with van der Waals surface area (Å²) in [4.78, 5) is 8.49. The number of aliphatic imine (C=N–C) groups is 1. The van der Waals surface area contributed by atoms with Gasteiger partial charge in [-0.15, -0.1) is 11.3 Å². The molecule has 130 valence electrons. The van der Waals surface area contributed by atoms with Gasteiger partial charge in [0.05, 0.1) is 14.2 Å². The summed E-state index contributed by atoms with van der Waals surface area (Å²) in [6.45, 7) is 0.839. The van der Waals surface area contributed by atoms with Crippen LogP contribution in [0.2, 0.25) is 0 Å². The number of guanidine groups is 1. The van der Waals surface area contributed by atoms with Crippen molar-refractivity contribution in [2.24, 2.45) is 4.99 Å². The van der Waals surface area contributed by atoms with Gasteiger partial charge in [-0.3, -0.25) is 4.99 Å². The lowest BCUT2D eigenvalue weighted by Crippen LogP contribution is -2.31. The van der Waals surface area contributed by atoms with Crippen molar-refractivity contribution in [2.75, 3.05) is 38.9 Å². The Kier molecular flexibility index (Phi) is 7.70. The fourth-order valence-corrected chi connectivity index (χ4v) is 3.60. The number of hydrogen-bond donors (Lipinski definition) is 2. The van der Waals surface area contributed by atoms with Crippen molar-refractivity contribution in [1.29, 1.82) is 0 Å². The molecule has 8 heteroatoms. The van der Waals surface area contributed by atoms with Crippen LogP contribution in [-0.4, -0.2) is 44.5 Å². The Morgan fingerprint density at radius 3 is 2.79 bits per heavy atom. The van der Waals surface area contributed by atoms with E-state index >= 15 is 0 Å². The van der Waals surface area contributed by atoms with Crippen LogP contribution in [0.15, 0.2) is 39.1 Å². The summed E-state index contributed by atoms with van der Waals surface area (Å²) in [5.74, 6) is 3.12. The molecule has 1 heterocycles. The fourth-order valence-electron chi connectivity index (χ4n) is 1.95. The number of ether oxygens (including phenoxy) is 2. The molecule has 0 radical (unpaired) electrons. The van der Waals surface area contributed by atoms with Gasteiger partial charge in [0.1, 0.15) is 4.34 Å². The van der Waals surface area contributed by atoms with Crippen LogP contribution >= 0.6 is 23.1 Å². The monoisotopic (exact) mass is 366 g/mol. The van der Waals surface area contributed by atoms with Gasteiger partial charge in [-0.05, 0) is 18.6 Å². The van der Waals surface area contributed by atoms with E-state index in [1.165, 1.54) is 0 Å². The largest absolute Gasteiger partial charge is 0.493 e. The van der Waals surface area contributed by atoms with Crippen LogP contribution in [0.25, 0.3) is 0 Å². The van der Waals surface area contributed by atoms with Crippen molar-refractivity contribution in [2.45, 2.75) is 10.8 Å². The minimum Gasteiger partial charge on any atom is -0.493 e. The minimum absolute atomic E-state index is 0.679. The summed E-state index contributed by atoms with van der Waals surface area (Å²) in [5.41, 5.74) is 0.887. The Hall–Kier alpha value is -1.93. The first-order chi connectivity index (χ1) is 11.8. The molecule has 0 spiro atoms. The van der Waals surface area contributed by atoms with E-state index in [1.54, 1.807) is 44.4 Å². The van der Waals surface area contributed by atoms with Gasteiger partial charge in [0.2, 0.25) is 0 Å². The Bertz CT molecular complexity index is 648. The van der Waals surface area contributed by atoms with Gasteiger partial charge < -0.3 is 20.1 Å². The van der Waals surface area contributed by atoms with Crippen LogP contribution in [0, 0.1) is 0 Å². The van der Waals surface area contributed by atoms with Gasteiger partial charge >= 0.3 is 0 Å². The van der Waals surface area contributed by atoms with E-state index in [0.717, 1.165) is 34.7 Å². The number of nitrogens with one attached hydrogen (secondary N) is 2. The SMILES string of the molecule is CN=C(NCCCSc1nccs1)Nc1ccc(OC)c(OC)c1. The number of benzene rings is 1. The standard InChI is InChI=1S/C16H22N4O2S2/c1-17-15(18-7-4-9-23-16-19-8-10-24-16)20-12-5-6-13(21-2)14(11-12)22-3/h5-6,8,10-11H,4,7,9H2,1-3H3,(H2,17,18,20). The molecule has 0 aliphatic rings. The molecule has 24 heavy (non-hydrogen) atoms. The maximum Gasteiger partial charge on any atom is 0.195 e. The lowest BCUT2D eigenvalue weighted by Gasteiger charge is -2.14. The zero-order valence-electron chi connectivity index (χ0n) is 14.0. The van der Waals surface area contributed by atoms with Gasteiger partial charge in [0.15, 0.2) is 17.5 Å². The molecule has 2 rings (SSSR count). The molecule has 6 nitrogen and oxygen atoms in total. The Morgan fingerprint density at radius 2 is 2.12 bits per heavy atom. The van der Waals surface area contributed by atoms with Gasteiger partial charge in [-0.1, -0.05) is 11.8 Å². The van der Waals surface area contributed by atoms with Crippen LogP contribution in [0.3, 0.4) is 0 Å². The molecular formula is C16H22N4O2S2. The van der Waals surface area contributed by atoms with Gasteiger partial charge in [-0.25, -0.2) is 4.98 Å².